The topological polar surface area (TPSA) is 23.8 Å². The first kappa shape index (κ1) is 9.85. The molecule has 0 bridgehead atoms. The molecule has 0 radical (unpaired) electrons. The molecule has 2 aromatic rings. The maximum atomic E-state index is 8.63. The maximum Gasteiger partial charge on any atom is 0.0670 e. The predicted molar refractivity (Wildman–Crippen MR) is 63.4 cm³/mol. The van der Waals surface area contributed by atoms with Gasteiger partial charge in [-0.25, -0.2) is 0 Å². The fourth-order valence-electron chi connectivity index (χ4n) is 1.35. The van der Waals surface area contributed by atoms with Crippen molar-refractivity contribution in [3.8, 4) is 6.07 Å². The van der Waals surface area contributed by atoms with E-state index in [1.165, 1.54) is 0 Å². The smallest absolute Gasteiger partial charge is 0.0670 e. The summed E-state index contributed by atoms with van der Waals surface area (Å²) in [5.41, 5.74) is 0.856. The van der Waals surface area contributed by atoms with E-state index in [1.807, 2.05) is 17.5 Å². The molecule has 0 aliphatic carbocycles. The van der Waals surface area contributed by atoms with Crippen LogP contribution in [0, 0.1) is 11.3 Å². The van der Waals surface area contributed by atoms with Crippen LogP contribution in [0.15, 0.2) is 22.4 Å². The molecule has 0 fully saturated rings. The lowest BCUT2D eigenvalue weighted by atomic mass is 10.1. The van der Waals surface area contributed by atoms with Crippen LogP contribution in [0.2, 0.25) is 5.02 Å². The third kappa shape index (κ3) is 1.50. The molecule has 1 heterocycles. The van der Waals surface area contributed by atoms with Gasteiger partial charge in [0.15, 0.2) is 0 Å². The van der Waals surface area contributed by atoms with Crippen molar-refractivity contribution in [3.05, 3.63) is 28.1 Å². The monoisotopic (exact) mass is 239 g/mol. The molecule has 1 aromatic heterocycles. The minimum atomic E-state index is 0.334. The van der Waals surface area contributed by atoms with Crippen molar-refractivity contribution in [1.29, 1.82) is 5.26 Å². The van der Waals surface area contributed by atoms with Gasteiger partial charge in [0.1, 0.15) is 0 Å². The van der Waals surface area contributed by atoms with Gasteiger partial charge in [0.2, 0.25) is 0 Å². The summed E-state index contributed by atoms with van der Waals surface area (Å²) in [6, 6.07) is 5.95. The van der Waals surface area contributed by atoms with E-state index in [2.05, 4.69) is 18.7 Å². The average molecular weight is 240 g/mol. The third-order valence-corrected chi connectivity index (χ3v) is 3.85. The van der Waals surface area contributed by atoms with Gasteiger partial charge in [0.05, 0.1) is 22.2 Å². The molecule has 70 valence electrons. The Labute approximate surface area is 96.3 Å². The quantitative estimate of drug-likeness (QED) is 0.750. The van der Waals surface area contributed by atoms with E-state index in [1.54, 1.807) is 11.3 Å². The van der Waals surface area contributed by atoms with Gasteiger partial charge in [0, 0.05) is 10.3 Å². The number of hydrogen-bond donors (Lipinski definition) is 1. The highest BCUT2D eigenvalue weighted by molar-refractivity contribution is 7.80. The summed E-state index contributed by atoms with van der Waals surface area (Å²) in [5, 5.41) is 12.4. The Hall–Kier alpha value is -0.690. The second kappa shape index (κ2) is 3.82. The lowest BCUT2D eigenvalue weighted by Gasteiger charge is -2.03. The van der Waals surface area contributed by atoms with Gasteiger partial charge in [-0.3, -0.25) is 0 Å². The maximum absolute atomic E-state index is 8.63. The average Bonchev–Trinajstić information content (AvgIpc) is 2.63. The van der Waals surface area contributed by atoms with Crippen LogP contribution in [0.25, 0.3) is 10.1 Å². The normalized spacial score (nSPS) is 10.4. The summed E-state index contributed by atoms with van der Waals surface area (Å²) >= 11 is 12.1. The molecule has 0 saturated heterocycles. The van der Waals surface area contributed by atoms with E-state index in [9.17, 15) is 0 Å². The van der Waals surface area contributed by atoms with Crippen molar-refractivity contribution < 1.29 is 0 Å². The van der Waals surface area contributed by atoms with Crippen molar-refractivity contribution >= 4 is 45.7 Å². The lowest BCUT2D eigenvalue weighted by molar-refractivity contribution is 1.25. The van der Waals surface area contributed by atoms with Crippen LogP contribution in [0.4, 0.5) is 0 Å². The molecule has 14 heavy (non-hydrogen) atoms. The van der Waals surface area contributed by atoms with Gasteiger partial charge in [-0.1, -0.05) is 11.6 Å². The molecule has 0 aliphatic heterocycles. The Balaban J connectivity index is 2.76. The Bertz CT molecular complexity index is 525. The molecule has 0 saturated carbocycles. The molecule has 0 amide bonds. The van der Waals surface area contributed by atoms with Gasteiger partial charge < -0.3 is 0 Å². The largest absolute Gasteiger partial charge is 0.198 e. The molecule has 1 aromatic carbocycles. The number of thiol groups is 1. The van der Waals surface area contributed by atoms with Crippen LogP contribution in [-0.4, -0.2) is 0 Å². The van der Waals surface area contributed by atoms with Crippen LogP contribution in [0.3, 0.4) is 0 Å². The van der Waals surface area contributed by atoms with Gasteiger partial charge in [-0.2, -0.15) is 5.26 Å². The van der Waals surface area contributed by atoms with E-state index in [0.29, 0.717) is 11.4 Å². The summed E-state index contributed by atoms with van der Waals surface area (Å²) in [6.45, 7) is 0. The first-order valence-electron chi connectivity index (χ1n) is 3.98. The minimum Gasteiger partial charge on any atom is -0.198 e. The second-order valence-electron chi connectivity index (χ2n) is 2.87. The third-order valence-electron chi connectivity index (χ3n) is 2.00. The zero-order valence-corrected chi connectivity index (χ0v) is 9.59. The van der Waals surface area contributed by atoms with Crippen LogP contribution < -0.4 is 0 Å². The number of halogens is 1. The van der Waals surface area contributed by atoms with E-state index in [-0.39, 0.29) is 0 Å². The second-order valence-corrected chi connectivity index (χ2v) is 4.64. The van der Waals surface area contributed by atoms with Crippen LogP contribution >= 0.6 is 35.6 Å². The molecular weight excluding hydrogens is 234 g/mol. The Morgan fingerprint density at radius 2 is 2.36 bits per heavy atom. The van der Waals surface area contributed by atoms with Gasteiger partial charge in [0.25, 0.3) is 0 Å². The first-order valence-corrected chi connectivity index (χ1v) is 5.69. The molecule has 0 unspecified atom stereocenters. The number of nitrogens with zero attached hydrogens (tertiary/aromatic N) is 1. The highest BCUT2D eigenvalue weighted by Gasteiger charge is 2.09. The summed E-state index contributed by atoms with van der Waals surface area (Å²) in [5.74, 6) is 0. The molecule has 2 rings (SSSR count). The number of fused-ring (bicyclic) bond motifs is 1. The van der Waals surface area contributed by atoms with E-state index < -0.39 is 0 Å². The summed E-state index contributed by atoms with van der Waals surface area (Å²) in [6.07, 6.45) is 0.334. The van der Waals surface area contributed by atoms with Crippen molar-refractivity contribution in [2.75, 3.05) is 0 Å². The Kier molecular flexibility index (Phi) is 2.69. The van der Waals surface area contributed by atoms with Crippen LogP contribution in [0.1, 0.15) is 5.56 Å². The van der Waals surface area contributed by atoms with E-state index >= 15 is 0 Å². The van der Waals surface area contributed by atoms with Crippen molar-refractivity contribution in [2.24, 2.45) is 0 Å². The van der Waals surface area contributed by atoms with Crippen LogP contribution in [0.5, 0.6) is 0 Å². The fraction of sp³-hybridized carbons (Fsp3) is 0.100. The summed E-state index contributed by atoms with van der Waals surface area (Å²) in [7, 11) is 0. The first-order chi connectivity index (χ1) is 6.74. The number of nitriles is 1. The van der Waals surface area contributed by atoms with Crippen LogP contribution in [-0.2, 0) is 6.42 Å². The van der Waals surface area contributed by atoms with Crippen molar-refractivity contribution in [2.45, 2.75) is 11.3 Å². The highest BCUT2D eigenvalue weighted by Crippen LogP contribution is 2.35. The minimum absolute atomic E-state index is 0.334. The molecule has 0 spiro atoms. The Morgan fingerprint density at radius 1 is 1.57 bits per heavy atom. The standard InChI is InChI=1S/C10H6ClNS2/c11-9-6(1-3-12)5-8(13)7-2-4-14-10(7)9/h2,4-5,13H,1H2. The highest BCUT2D eigenvalue weighted by atomic mass is 35.5. The summed E-state index contributed by atoms with van der Waals surface area (Å²) in [4.78, 5) is 0.885. The molecule has 4 heteroatoms. The molecular formula is C10H6ClNS2. The predicted octanol–water partition coefficient (Wildman–Crippen LogP) is 3.91. The fourth-order valence-corrected chi connectivity index (χ4v) is 3.00. The Morgan fingerprint density at radius 3 is 3.07 bits per heavy atom. The lowest BCUT2D eigenvalue weighted by Crippen LogP contribution is -1.84. The summed E-state index contributed by atoms with van der Waals surface area (Å²) < 4.78 is 1.02. The molecule has 1 nitrogen and oxygen atoms in total. The van der Waals surface area contributed by atoms with Crippen molar-refractivity contribution in [1.82, 2.24) is 0 Å². The molecule has 0 atom stereocenters. The van der Waals surface area contributed by atoms with E-state index in [4.69, 9.17) is 16.9 Å². The SMILES string of the molecule is N#CCc1cc(S)c2ccsc2c1Cl. The number of thiophene rings is 1. The number of benzene rings is 1. The zero-order valence-electron chi connectivity index (χ0n) is 7.12. The number of hydrogen-bond acceptors (Lipinski definition) is 3. The van der Waals surface area contributed by atoms with Gasteiger partial charge >= 0.3 is 0 Å². The number of rotatable bonds is 1. The zero-order chi connectivity index (χ0) is 10.1. The van der Waals surface area contributed by atoms with E-state index in [0.717, 1.165) is 20.5 Å². The van der Waals surface area contributed by atoms with Gasteiger partial charge in [-0.05, 0) is 23.1 Å². The molecule has 0 aliphatic rings. The molecule has 0 N–H and O–H groups in total. The van der Waals surface area contributed by atoms with Crippen molar-refractivity contribution in [3.63, 3.8) is 0 Å². The van der Waals surface area contributed by atoms with Gasteiger partial charge in [-0.15, -0.1) is 24.0 Å².